The summed E-state index contributed by atoms with van der Waals surface area (Å²) in [6.45, 7) is 0.805. The van der Waals surface area contributed by atoms with Crippen molar-refractivity contribution in [3.8, 4) is 0 Å². The molecule has 0 bridgehead atoms. The first-order valence-corrected chi connectivity index (χ1v) is 7.85. The molecule has 0 aliphatic carbocycles. The zero-order valence-corrected chi connectivity index (χ0v) is 14.0. The summed E-state index contributed by atoms with van der Waals surface area (Å²) in [6, 6.07) is 11.0. The van der Waals surface area contributed by atoms with Crippen molar-refractivity contribution in [3.63, 3.8) is 0 Å². The molecule has 8 nitrogen and oxygen atoms in total. The molecule has 2 aromatic carbocycles. The molecule has 0 saturated carbocycles. The van der Waals surface area contributed by atoms with E-state index < -0.39 is 4.92 Å². The van der Waals surface area contributed by atoms with Crippen LogP contribution in [0.5, 0.6) is 0 Å². The number of nitro groups is 1. The van der Waals surface area contributed by atoms with Crippen molar-refractivity contribution in [2.24, 2.45) is 10.2 Å². The van der Waals surface area contributed by atoms with Crippen molar-refractivity contribution < 1.29 is 15.1 Å². The summed E-state index contributed by atoms with van der Waals surface area (Å²) < 4.78 is 0. The Kier molecular flexibility index (Phi) is 6.81. The van der Waals surface area contributed by atoms with Crippen molar-refractivity contribution >= 4 is 34.4 Å². The molecule has 0 heterocycles. The minimum Gasteiger partial charge on any atom is -0.395 e. The zero-order valence-electron chi connectivity index (χ0n) is 13.2. The van der Waals surface area contributed by atoms with Gasteiger partial charge in [0.1, 0.15) is 5.69 Å². The number of nitrogens with zero attached hydrogens (tertiary/aromatic N) is 4. The maximum atomic E-state index is 10.7. The van der Waals surface area contributed by atoms with Crippen molar-refractivity contribution in [2.75, 3.05) is 31.2 Å². The van der Waals surface area contributed by atoms with E-state index >= 15 is 0 Å². The number of rotatable bonds is 8. The molecular formula is C16H17ClN4O4. The highest BCUT2D eigenvalue weighted by atomic mass is 35.5. The molecule has 9 heteroatoms. The number of anilines is 1. The van der Waals surface area contributed by atoms with Crippen LogP contribution in [0.4, 0.5) is 22.7 Å². The normalized spacial score (nSPS) is 11.0. The second-order valence-corrected chi connectivity index (χ2v) is 5.45. The molecule has 25 heavy (non-hydrogen) atoms. The quantitative estimate of drug-likeness (QED) is 0.423. The number of aliphatic hydroxyl groups excluding tert-OH is 2. The Balaban J connectivity index is 2.12. The Bertz CT molecular complexity index is 746. The lowest BCUT2D eigenvalue weighted by Crippen LogP contribution is -2.29. The van der Waals surface area contributed by atoms with E-state index in [2.05, 4.69) is 10.2 Å². The monoisotopic (exact) mass is 364 g/mol. The van der Waals surface area contributed by atoms with Gasteiger partial charge in [-0.05, 0) is 30.3 Å². The molecule has 0 aromatic heterocycles. The molecule has 2 rings (SSSR count). The van der Waals surface area contributed by atoms with Crippen LogP contribution in [0.25, 0.3) is 0 Å². The first kappa shape index (κ1) is 18.8. The molecule has 132 valence electrons. The van der Waals surface area contributed by atoms with Crippen LogP contribution in [0.2, 0.25) is 5.02 Å². The maximum Gasteiger partial charge on any atom is 0.271 e. The van der Waals surface area contributed by atoms with Crippen molar-refractivity contribution in [1.29, 1.82) is 0 Å². The van der Waals surface area contributed by atoms with Gasteiger partial charge < -0.3 is 15.1 Å². The predicted octanol–water partition coefficient (Wildman–Crippen LogP) is 3.45. The predicted molar refractivity (Wildman–Crippen MR) is 95.1 cm³/mol. The van der Waals surface area contributed by atoms with Crippen LogP contribution in [0.1, 0.15) is 0 Å². The van der Waals surface area contributed by atoms with Crippen LogP contribution in [0, 0.1) is 10.1 Å². The summed E-state index contributed by atoms with van der Waals surface area (Å²) in [6.07, 6.45) is 0. The molecule has 0 aliphatic heterocycles. The Labute approximate surface area is 149 Å². The van der Waals surface area contributed by atoms with Crippen LogP contribution < -0.4 is 4.90 Å². The minimum absolute atomic E-state index is 0.0138. The number of benzene rings is 2. The highest BCUT2D eigenvalue weighted by molar-refractivity contribution is 6.33. The second kappa shape index (κ2) is 9.07. The number of halogens is 1. The fourth-order valence-corrected chi connectivity index (χ4v) is 2.36. The topological polar surface area (TPSA) is 112 Å². The lowest BCUT2D eigenvalue weighted by Gasteiger charge is -2.22. The van der Waals surface area contributed by atoms with E-state index in [0.717, 1.165) is 5.69 Å². The molecule has 0 fully saturated rings. The van der Waals surface area contributed by atoms with Crippen molar-refractivity contribution in [3.05, 3.63) is 57.6 Å². The van der Waals surface area contributed by atoms with Gasteiger partial charge in [-0.2, -0.15) is 5.11 Å². The second-order valence-electron chi connectivity index (χ2n) is 5.04. The third-order valence-electron chi connectivity index (χ3n) is 3.37. The smallest absolute Gasteiger partial charge is 0.271 e. The lowest BCUT2D eigenvalue weighted by atomic mass is 10.2. The van der Waals surface area contributed by atoms with Gasteiger partial charge in [-0.15, -0.1) is 5.11 Å². The van der Waals surface area contributed by atoms with E-state index in [-0.39, 0.29) is 23.9 Å². The number of hydrogen-bond donors (Lipinski definition) is 2. The van der Waals surface area contributed by atoms with E-state index in [1.807, 2.05) is 4.90 Å². The summed E-state index contributed by atoms with van der Waals surface area (Å²) in [4.78, 5) is 12.0. The van der Waals surface area contributed by atoms with Crippen LogP contribution in [-0.2, 0) is 0 Å². The number of nitro benzene ring substituents is 1. The Morgan fingerprint density at radius 2 is 1.68 bits per heavy atom. The van der Waals surface area contributed by atoms with Gasteiger partial charge in [0, 0.05) is 30.9 Å². The molecule has 0 radical (unpaired) electrons. The van der Waals surface area contributed by atoms with Crippen LogP contribution in [0.15, 0.2) is 52.7 Å². The zero-order chi connectivity index (χ0) is 18.2. The lowest BCUT2D eigenvalue weighted by molar-refractivity contribution is -0.384. The third kappa shape index (κ3) is 5.21. The van der Waals surface area contributed by atoms with E-state index in [4.69, 9.17) is 21.8 Å². The van der Waals surface area contributed by atoms with E-state index in [9.17, 15) is 10.1 Å². The van der Waals surface area contributed by atoms with Crippen molar-refractivity contribution in [1.82, 2.24) is 0 Å². The SMILES string of the molecule is O=[N+]([O-])c1ccc(/N=N/c2ccc(N(CCO)CCO)cc2)c(Cl)c1. The molecule has 2 N–H and O–H groups in total. The fraction of sp³-hybridized carbons (Fsp3) is 0.250. The number of hydrogen-bond acceptors (Lipinski definition) is 7. The van der Waals surface area contributed by atoms with Gasteiger partial charge in [-0.3, -0.25) is 10.1 Å². The number of aliphatic hydroxyl groups is 2. The van der Waals surface area contributed by atoms with E-state index in [1.54, 1.807) is 24.3 Å². The molecule has 0 atom stereocenters. The summed E-state index contributed by atoms with van der Waals surface area (Å²) in [5, 5.41) is 37.0. The van der Waals surface area contributed by atoms with Gasteiger partial charge in [-0.25, -0.2) is 0 Å². The molecule has 0 aliphatic rings. The largest absolute Gasteiger partial charge is 0.395 e. The molecule has 0 saturated heterocycles. The van der Waals surface area contributed by atoms with Gasteiger partial charge in [0.15, 0.2) is 0 Å². The highest BCUT2D eigenvalue weighted by Gasteiger charge is 2.09. The first-order valence-electron chi connectivity index (χ1n) is 7.47. The van der Waals surface area contributed by atoms with Gasteiger partial charge in [0.25, 0.3) is 5.69 Å². The Morgan fingerprint density at radius 1 is 1.04 bits per heavy atom. The standard InChI is InChI=1S/C16H17ClN4O4/c17-15-11-14(21(24)25)5-6-16(15)19-18-12-1-3-13(4-2-12)20(7-9-22)8-10-23/h1-6,11,22-23H,7-10H2/b19-18+. The maximum absolute atomic E-state index is 10.7. The van der Waals surface area contributed by atoms with Crippen LogP contribution in [0.3, 0.4) is 0 Å². The average molecular weight is 365 g/mol. The molecule has 2 aromatic rings. The Hall–Kier alpha value is -2.55. The van der Waals surface area contributed by atoms with Gasteiger partial charge in [-0.1, -0.05) is 11.6 Å². The average Bonchev–Trinajstić information content (AvgIpc) is 2.61. The number of azo groups is 1. The molecule has 0 unspecified atom stereocenters. The highest BCUT2D eigenvalue weighted by Crippen LogP contribution is 2.30. The van der Waals surface area contributed by atoms with Crippen molar-refractivity contribution in [2.45, 2.75) is 0 Å². The van der Waals surface area contributed by atoms with E-state index in [1.165, 1.54) is 18.2 Å². The molecule has 0 spiro atoms. The number of non-ortho nitro benzene ring substituents is 1. The summed E-state index contributed by atoms with van der Waals surface area (Å²) in [7, 11) is 0. The molecule has 0 amide bonds. The Morgan fingerprint density at radius 3 is 2.20 bits per heavy atom. The first-order chi connectivity index (χ1) is 12.0. The van der Waals surface area contributed by atoms with Gasteiger partial charge in [0.05, 0.1) is 28.8 Å². The summed E-state index contributed by atoms with van der Waals surface area (Å²) in [5.41, 5.74) is 1.64. The van der Waals surface area contributed by atoms with Gasteiger partial charge in [0.2, 0.25) is 0 Å². The minimum atomic E-state index is -0.532. The summed E-state index contributed by atoms with van der Waals surface area (Å²) in [5.74, 6) is 0. The van der Waals surface area contributed by atoms with Gasteiger partial charge >= 0.3 is 0 Å². The fourth-order valence-electron chi connectivity index (χ4n) is 2.14. The van der Waals surface area contributed by atoms with Crippen LogP contribution in [-0.4, -0.2) is 41.4 Å². The summed E-state index contributed by atoms with van der Waals surface area (Å²) >= 11 is 5.96. The molecular weight excluding hydrogens is 348 g/mol. The van der Waals surface area contributed by atoms with E-state index in [0.29, 0.717) is 24.5 Å². The van der Waals surface area contributed by atoms with Crippen LogP contribution >= 0.6 is 11.6 Å². The third-order valence-corrected chi connectivity index (χ3v) is 3.67.